The monoisotopic (exact) mass is 280 g/mol. The minimum atomic E-state index is -0.0846. The lowest BCUT2D eigenvalue weighted by Crippen LogP contribution is -2.38. The van der Waals surface area contributed by atoms with Crippen LogP contribution < -0.4 is 5.32 Å². The molecule has 1 saturated carbocycles. The van der Waals surface area contributed by atoms with Gasteiger partial charge in [0.1, 0.15) is 5.76 Å². The first kappa shape index (κ1) is 15.0. The minimum Gasteiger partial charge on any atom is -0.396 e. The van der Waals surface area contributed by atoms with Gasteiger partial charge < -0.3 is 14.9 Å². The molecule has 20 heavy (non-hydrogen) atoms. The van der Waals surface area contributed by atoms with E-state index in [1.165, 1.54) is 0 Å². The van der Waals surface area contributed by atoms with Crippen molar-refractivity contribution in [3.8, 4) is 0 Å². The Morgan fingerprint density at radius 3 is 2.65 bits per heavy atom. The molecule has 0 atom stereocenters. The average Bonchev–Trinajstić information content (AvgIpc) is 3.03. The summed E-state index contributed by atoms with van der Waals surface area (Å²) in [6, 6.07) is 0. The summed E-state index contributed by atoms with van der Waals surface area (Å²) in [7, 11) is 0. The molecule has 0 spiro atoms. The minimum absolute atomic E-state index is 0.0322. The lowest BCUT2D eigenvalue weighted by atomic mass is 9.87. The molecule has 2 N–H and O–H groups in total. The van der Waals surface area contributed by atoms with E-state index < -0.39 is 0 Å². The number of nitrogens with zero attached hydrogens (tertiary/aromatic N) is 1. The fourth-order valence-corrected chi connectivity index (χ4v) is 2.99. The van der Waals surface area contributed by atoms with Gasteiger partial charge in [-0.15, -0.1) is 0 Å². The zero-order valence-corrected chi connectivity index (χ0v) is 12.4. The van der Waals surface area contributed by atoms with Gasteiger partial charge in [0.15, 0.2) is 0 Å². The fourth-order valence-electron chi connectivity index (χ4n) is 2.99. The quantitative estimate of drug-likeness (QED) is 0.834. The van der Waals surface area contributed by atoms with Crippen molar-refractivity contribution in [2.75, 3.05) is 13.2 Å². The van der Waals surface area contributed by atoms with Crippen LogP contribution in [0.3, 0.4) is 0 Å². The van der Waals surface area contributed by atoms with Crippen molar-refractivity contribution in [3.63, 3.8) is 0 Å². The van der Waals surface area contributed by atoms with Gasteiger partial charge in [-0.1, -0.05) is 18.0 Å². The lowest BCUT2D eigenvalue weighted by molar-refractivity contribution is -0.121. The Labute approximate surface area is 119 Å². The van der Waals surface area contributed by atoms with Gasteiger partial charge in [0, 0.05) is 23.9 Å². The number of rotatable bonds is 6. The van der Waals surface area contributed by atoms with Crippen LogP contribution in [0.5, 0.6) is 0 Å². The number of aromatic nitrogens is 1. The van der Waals surface area contributed by atoms with E-state index in [1.54, 1.807) is 0 Å². The zero-order valence-electron chi connectivity index (χ0n) is 12.4. The van der Waals surface area contributed by atoms with Gasteiger partial charge in [0.05, 0.1) is 12.3 Å². The zero-order chi connectivity index (χ0) is 14.6. The molecule has 5 heteroatoms. The van der Waals surface area contributed by atoms with Crippen molar-refractivity contribution in [3.05, 3.63) is 17.0 Å². The molecule has 1 aromatic heterocycles. The summed E-state index contributed by atoms with van der Waals surface area (Å²) >= 11 is 0. The first-order chi connectivity index (χ1) is 9.56. The number of carbonyl (C=O) groups is 1. The molecular weight excluding hydrogens is 256 g/mol. The molecule has 1 amide bonds. The topological polar surface area (TPSA) is 75.4 Å². The molecule has 0 saturated heterocycles. The first-order valence-electron chi connectivity index (χ1n) is 7.36. The molecule has 0 aromatic carbocycles. The molecule has 112 valence electrons. The summed E-state index contributed by atoms with van der Waals surface area (Å²) in [5.41, 5.74) is 1.80. The average molecular weight is 280 g/mol. The Bertz CT molecular complexity index is 442. The first-order valence-corrected chi connectivity index (χ1v) is 7.36. The number of hydrogen-bond donors (Lipinski definition) is 2. The van der Waals surface area contributed by atoms with E-state index in [1.807, 2.05) is 13.8 Å². The number of nitrogens with one attached hydrogen (secondary N) is 1. The Morgan fingerprint density at radius 1 is 1.40 bits per heavy atom. The highest BCUT2D eigenvalue weighted by Crippen LogP contribution is 2.36. The van der Waals surface area contributed by atoms with E-state index in [0.717, 1.165) is 42.7 Å². The number of hydrogen-bond acceptors (Lipinski definition) is 4. The standard InChI is InChI=1S/C15H24N2O3/c1-11-13(12(2)20-17-11)5-6-14(19)16-9-15(10-18)7-3-4-8-15/h18H,3-10H2,1-2H3,(H,16,19). The van der Waals surface area contributed by atoms with E-state index in [2.05, 4.69) is 10.5 Å². The molecule has 2 rings (SSSR count). The highest BCUT2D eigenvalue weighted by molar-refractivity contribution is 5.76. The van der Waals surface area contributed by atoms with Crippen molar-refractivity contribution in [2.24, 2.45) is 5.41 Å². The van der Waals surface area contributed by atoms with Gasteiger partial charge in [-0.25, -0.2) is 0 Å². The second-order valence-electron chi connectivity index (χ2n) is 5.94. The van der Waals surface area contributed by atoms with Crippen LogP contribution >= 0.6 is 0 Å². The van der Waals surface area contributed by atoms with Gasteiger partial charge in [0.25, 0.3) is 0 Å². The molecule has 1 aliphatic carbocycles. The summed E-state index contributed by atoms with van der Waals surface area (Å²) in [5.74, 6) is 0.822. The summed E-state index contributed by atoms with van der Waals surface area (Å²) in [5, 5.41) is 16.4. The maximum atomic E-state index is 11.9. The Hall–Kier alpha value is -1.36. The van der Waals surface area contributed by atoms with Crippen molar-refractivity contribution in [2.45, 2.75) is 52.4 Å². The molecule has 1 aliphatic rings. The number of aryl methyl sites for hydroxylation is 2. The molecule has 1 heterocycles. The molecule has 0 unspecified atom stereocenters. The van der Waals surface area contributed by atoms with Crippen LogP contribution in [0.1, 0.15) is 49.1 Å². The smallest absolute Gasteiger partial charge is 0.220 e. The van der Waals surface area contributed by atoms with E-state index in [0.29, 0.717) is 19.4 Å². The molecule has 1 aromatic rings. The summed E-state index contributed by atoms with van der Waals surface area (Å²) in [4.78, 5) is 11.9. The molecular formula is C15H24N2O3. The van der Waals surface area contributed by atoms with Gasteiger partial charge in [-0.2, -0.15) is 0 Å². The Kier molecular flexibility index (Phi) is 4.81. The van der Waals surface area contributed by atoms with E-state index in [4.69, 9.17) is 4.52 Å². The van der Waals surface area contributed by atoms with Gasteiger partial charge >= 0.3 is 0 Å². The third-order valence-corrected chi connectivity index (χ3v) is 4.44. The summed E-state index contributed by atoms with van der Waals surface area (Å²) < 4.78 is 5.09. The lowest BCUT2D eigenvalue weighted by Gasteiger charge is -2.26. The van der Waals surface area contributed by atoms with Crippen LogP contribution in [0.2, 0.25) is 0 Å². The van der Waals surface area contributed by atoms with Crippen molar-refractivity contribution in [1.29, 1.82) is 0 Å². The van der Waals surface area contributed by atoms with Crippen LogP contribution in [-0.2, 0) is 11.2 Å². The predicted molar refractivity (Wildman–Crippen MR) is 75.3 cm³/mol. The molecule has 1 fully saturated rings. The number of amides is 1. The van der Waals surface area contributed by atoms with Crippen molar-refractivity contribution >= 4 is 5.91 Å². The predicted octanol–water partition coefficient (Wildman–Crippen LogP) is 1.89. The normalized spacial score (nSPS) is 17.4. The SMILES string of the molecule is Cc1noc(C)c1CCC(=O)NCC1(CO)CCCC1. The number of aliphatic hydroxyl groups excluding tert-OH is 1. The summed E-state index contributed by atoms with van der Waals surface area (Å²) in [6.07, 6.45) is 5.40. The van der Waals surface area contributed by atoms with Gasteiger partial charge in [-0.05, 0) is 33.1 Å². The number of carbonyl (C=O) groups excluding carboxylic acids is 1. The van der Waals surface area contributed by atoms with Crippen molar-refractivity contribution in [1.82, 2.24) is 10.5 Å². The number of aliphatic hydroxyl groups is 1. The molecule has 5 nitrogen and oxygen atoms in total. The maximum Gasteiger partial charge on any atom is 0.220 e. The van der Waals surface area contributed by atoms with Gasteiger partial charge in [0.2, 0.25) is 5.91 Å². The Morgan fingerprint density at radius 2 is 2.10 bits per heavy atom. The van der Waals surface area contributed by atoms with Crippen LogP contribution in [0, 0.1) is 19.3 Å². The van der Waals surface area contributed by atoms with E-state index in [-0.39, 0.29) is 17.9 Å². The van der Waals surface area contributed by atoms with Crippen LogP contribution in [0.15, 0.2) is 4.52 Å². The van der Waals surface area contributed by atoms with Crippen LogP contribution in [-0.4, -0.2) is 29.3 Å². The fraction of sp³-hybridized carbons (Fsp3) is 0.733. The Balaban J connectivity index is 1.78. The summed E-state index contributed by atoms with van der Waals surface area (Å²) in [6.45, 7) is 4.51. The van der Waals surface area contributed by atoms with Crippen LogP contribution in [0.25, 0.3) is 0 Å². The third kappa shape index (κ3) is 3.39. The second-order valence-corrected chi connectivity index (χ2v) is 5.94. The highest BCUT2D eigenvalue weighted by atomic mass is 16.5. The molecule has 0 bridgehead atoms. The second kappa shape index (κ2) is 6.39. The van der Waals surface area contributed by atoms with Crippen LogP contribution in [0.4, 0.5) is 0 Å². The van der Waals surface area contributed by atoms with Gasteiger partial charge in [-0.3, -0.25) is 4.79 Å². The third-order valence-electron chi connectivity index (χ3n) is 4.44. The maximum absolute atomic E-state index is 11.9. The van der Waals surface area contributed by atoms with E-state index in [9.17, 15) is 9.90 Å². The molecule has 0 aliphatic heterocycles. The van der Waals surface area contributed by atoms with Crippen molar-refractivity contribution < 1.29 is 14.4 Å². The highest BCUT2D eigenvalue weighted by Gasteiger charge is 2.33. The largest absolute Gasteiger partial charge is 0.396 e. The molecule has 0 radical (unpaired) electrons. The van der Waals surface area contributed by atoms with E-state index >= 15 is 0 Å².